The Bertz CT molecular complexity index is 1100. The molecule has 0 radical (unpaired) electrons. The zero-order valence-corrected chi connectivity index (χ0v) is 18.3. The molecule has 0 N–H and O–H groups in total. The number of piperidine rings is 1. The predicted octanol–water partition coefficient (Wildman–Crippen LogP) is 2.39. The molecule has 0 bridgehead atoms. The lowest BCUT2D eigenvalue weighted by Gasteiger charge is -2.37. The Balaban J connectivity index is 1.16. The third-order valence-corrected chi connectivity index (χ3v) is 6.29. The van der Waals surface area contributed by atoms with Gasteiger partial charge < -0.3 is 9.64 Å². The van der Waals surface area contributed by atoms with E-state index in [2.05, 4.69) is 27.5 Å². The maximum Gasteiger partial charge on any atom is 0.410 e. The van der Waals surface area contributed by atoms with Crippen LogP contribution in [0, 0.1) is 0 Å². The summed E-state index contributed by atoms with van der Waals surface area (Å²) in [6.07, 6.45) is 1.98. The number of amides is 2. The van der Waals surface area contributed by atoms with Crippen LogP contribution in [0.1, 0.15) is 18.4 Å². The average Bonchev–Trinajstić information content (AvgIpc) is 3.47. The molecule has 2 fully saturated rings. The number of likely N-dealkylation sites (tertiary alicyclic amines) is 1. The second kappa shape index (κ2) is 9.40. The van der Waals surface area contributed by atoms with Crippen LogP contribution in [0.3, 0.4) is 0 Å². The number of hydrogen-bond acceptors (Lipinski definition) is 6. The third kappa shape index (κ3) is 4.72. The van der Waals surface area contributed by atoms with Gasteiger partial charge in [0.15, 0.2) is 0 Å². The number of hydrogen-bond donors (Lipinski definition) is 0. The van der Waals surface area contributed by atoms with Gasteiger partial charge in [0.05, 0.1) is 6.04 Å². The van der Waals surface area contributed by atoms with Crippen LogP contribution in [0.5, 0.6) is 0 Å². The first-order valence-electron chi connectivity index (χ1n) is 11.3. The minimum Gasteiger partial charge on any atom is -0.447 e. The van der Waals surface area contributed by atoms with E-state index in [1.807, 2.05) is 58.3 Å². The molecule has 2 saturated heterocycles. The molecule has 1 aromatic heterocycles. The third-order valence-electron chi connectivity index (χ3n) is 6.29. The quantitative estimate of drug-likeness (QED) is 0.577. The summed E-state index contributed by atoms with van der Waals surface area (Å²) in [5.41, 5.74) is 2.05. The van der Waals surface area contributed by atoms with Crippen molar-refractivity contribution in [2.75, 3.05) is 19.7 Å². The predicted molar refractivity (Wildman–Crippen MR) is 120 cm³/mol. The summed E-state index contributed by atoms with van der Waals surface area (Å²) in [5.74, 6) is 0.453. The van der Waals surface area contributed by atoms with E-state index in [1.54, 1.807) is 0 Å². The summed E-state index contributed by atoms with van der Waals surface area (Å²) in [6, 6.07) is 19.8. The number of nitrogens with zero attached hydrogens (tertiary/aromatic N) is 6. The molecule has 3 aromatic rings. The highest BCUT2D eigenvalue weighted by atomic mass is 16.6. The molecule has 5 rings (SSSR count). The Labute approximate surface area is 191 Å². The van der Waals surface area contributed by atoms with Crippen molar-refractivity contribution < 1.29 is 14.3 Å². The molecule has 1 unspecified atom stereocenters. The van der Waals surface area contributed by atoms with E-state index in [1.165, 1.54) is 10.4 Å². The number of tetrazole rings is 1. The van der Waals surface area contributed by atoms with Crippen molar-refractivity contribution >= 4 is 12.0 Å². The fourth-order valence-electron chi connectivity index (χ4n) is 4.59. The first-order valence-corrected chi connectivity index (χ1v) is 11.3. The van der Waals surface area contributed by atoms with Gasteiger partial charge in [-0.3, -0.25) is 9.69 Å². The maximum absolute atomic E-state index is 12.8. The topological polar surface area (TPSA) is 93.5 Å². The van der Waals surface area contributed by atoms with E-state index >= 15 is 0 Å². The van der Waals surface area contributed by atoms with Crippen molar-refractivity contribution in [2.24, 2.45) is 0 Å². The first-order chi connectivity index (χ1) is 16.2. The summed E-state index contributed by atoms with van der Waals surface area (Å²) in [4.78, 5) is 30.3. The van der Waals surface area contributed by atoms with Crippen molar-refractivity contribution in [3.05, 3.63) is 66.2 Å². The smallest absolute Gasteiger partial charge is 0.410 e. The van der Waals surface area contributed by atoms with Crippen LogP contribution < -0.4 is 0 Å². The summed E-state index contributed by atoms with van der Waals surface area (Å²) >= 11 is 0. The number of ether oxygens (including phenoxy) is 1. The molecule has 2 aliphatic rings. The molecule has 2 aromatic carbocycles. The fraction of sp³-hybridized carbons (Fsp3) is 0.375. The van der Waals surface area contributed by atoms with Crippen LogP contribution in [0.25, 0.3) is 11.4 Å². The van der Waals surface area contributed by atoms with Gasteiger partial charge in [0.1, 0.15) is 13.2 Å². The lowest BCUT2D eigenvalue weighted by atomic mass is 9.99. The van der Waals surface area contributed by atoms with Gasteiger partial charge in [0, 0.05) is 24.7 Å². The van der Waals surface area contributed by atoms with Gasteiger partial charge in [-0.15, -0.1) is 10.2 Å². The monoisotopic (exact) mass is 446 g/mol. The maximum atomic E-state index is 12.8. The molecule has 2 aliphatic heterocycles. The number of benzene rings is 2. The van der Waals surface area contributed by atoms with E-state index in [0.29, 0.717) is 25.5 Å². The van der Waals surface area contributed by atoms with E-state index in [-0.39, 0.29) is 30.6 Å². The zero-order valence-electron chi connectivity index (χ0n) is 18.3. The molecule has 0 spiro atoms. The molecule has 2 amide bonds. The Morgan fingerprint density at radius 1 is 1.00 bits per heavy atom. The molecule has 9 nitrogen and oxygen atoms in total. The van der Waals surface area contributed by atoms with E-state index in [4.69, 9.17) is 4.74 Å². The highest BCUT2D eigenvalue weighted by Gasteiger charge is 2.39. The average molecular weight is 447 g/mol. The van der Waals surface area contributed by atoms with Crippen molar-refractivity contribution in [1.29, 1.82) is 0 Å². The van der Waals surface area contributed by atoms with Crippen LogP contribution in [-0.4, -0.2) is 73.8 Å². The van der Waals surface area contributed by atoms with E-state index in [9.17, 15) is 9.59 Å². The number of carbonyl (C=O) groups is 2. The van der Waals surface area contributed by atoms with Gasteiger partial charge >= 0.3 is 6.09 Å². The summed E-state index contributed by atoms with van der Waals surface area (Å²) in [5, 5.41) is 12.4. The summed E-state index contributed by atoms with van der Waals surface area (Å²) < 4.78 is 5.38. The minimum atomic E-state index is -0.249. The second-order valence-electron chi connectivity index (χ2n) is 8.45. The van der Waals surface area contributed by atoms with Crippen LogP contribution in [0.2, 0.25) is 0 Å². The minimum absolute atomic E-state index is 0.0305. The Hall–Kier alpha value is -3.75. The highest BCUT2D eigenvalue weighted by molar-refractivity contribution is 5.76. The lowest BCUT2D eigenvalue weighted by Crippen LogP contribution is -2.50. The zero-order chi connectivity index (χ0) is 22.6. The Kier molecular flexibility index (Phi) is 6.01. The molecule has 3 heterocycles. The Morgan fingerprint density at radius 2 is 1.70 bits per heavy atom. The molecule has 170 valence electrons. The molecule has 1 atom stereocenters. The number of aromatic nitrogens is 4. The molecular formula is C24H26N6O3. The molecule has 0 saturated carbocycles. The van der Waals surface area contributed by atoms with Gasteiger partial charge in [-0.05, 0) is 30.0 Å². The summed E-state index contributed by atoms with van der Waals surface area (Å²) in [7, 11) is 0. The van der Waals surface area contributed by atoms with Crippen molar-refractivity contribution in [1.82, 2.24) is 30.0 Å². The van der Waals surface area contributed by atoms with Gasteiger partial charge in [0.25, 0.3) is 0 Å². The van der Waals surface area contributed by atoms with Crippen molar-refractivity contribution in [2.45, 2.75) is 37.9 Å². The van der Waals surface area contributed by atoms with Gasteiger partial charge in [-0.2, -0.15) is 4.80 Å². The second-order valence-corrected chi connectivity index (χ2v) is 8.45. The molecule has 9 heteroatoms. The van der Waals surface area contributed by atoms with E-state index in [0.717, 1.165) is 24.8 Å². The summed E-state index contributed by atoms with van der Waals surface area (Å²) in [6.45, 7) is 1.64. The van der Waals surface area contributed by atoms with Gasteiger partial charge in [-0.1, -0.05) is 60.7 Å². The number of carbonyl (C=O) groups excluding carboxylic acids is 2. The number of rotatable bonds is 6. The number of cyclic esters (lactones) is 1. The van der Waals surface area contributed by atoms with E-state index < -0.39 is 0 Å². The largest absolute Gasteiger partial charge is 0.447 e. The van der Waals surface area contributed by atoms with Crippen LogP contribution in [0.15, 0.2) is 60.7 Å². The SMILES string of the molecule is O=C(Cn1nnc(-c2ccccc2)n1)N1CCC(N2C(=O)OCC2Cc2ccccc2)CC1. The molecular weight excluding hydrogens is 420 g/mol. The van der Waals surface area contributed by atoms with Crippen LogP contribution >= 0.6 is 0 Å². The van der Waals surface area contributed by atoms with Crippen molar-refractivity contribution in [3.63, 3.8) is 0 Å². The van der Waals surface area contributed by atoms with Gasteiger partial charge in [-0.25, -0.2) is 4.79 Å². The Morgan fingerprint density at radius 3 is 2.42 bits per heavy atom. The highest BCUT2D eigenvalue weighted by Crippen LogP contribution is 2.26. The fourth-order valence-corrected chi connectivity index (χ4v) is 4.59. The molecule has 0 aliphatic carbocycles. The van der Waals surface area contributed by atoms with Crippen LogP contribution in [0.4, 0.5) is 4.79 Å². The standard InChI is InChI=1S/C24H26N6O3/c31-22(16-29-26-23(25-27-29)19-9-5-2-6-10-19)28-13-11-20(12-14-28)30-21(17-33-24(30)32)15-18-7-3-1-4-8-18/h1-10,20-21H,11-17H2. The van der Waals surface area contributed by atoms with Crippen molar-refractivity contribution in [3.8, 4) is 11.4 Å². The first kappa shape index (κ1) is 21.1. The lowest BCUT2D eigenvalue weighted by molar-refractivity contribution is -0.133. The molecule has 33 heavy (non-hydrogen) atoms. The van der Waals surface area contributed by atoms with Gasteiger partial charge in [0.2, 0.25) is 11.7 Å². The van der Waals surface area contributed by atoms with Crippen LogP contribution in [-0.2, 0) is 22.5 Å². The normalized spacial score (nSPS) is 19.0.